The Morgan fingerprint density at radius 2 is 1.83 bits per heavy atom. The van der Waals surface area contributed by atoms with E-state index in [9.17, 15) is 5.11 Å². The summed E-state index contributed by atoms with van der Waals surface area (Å²) in [7, 11) is 0. The molecule has 4 heteroatoms. The molecule has 1 atom stereocenters. The maximum absolute atomic E-state index is 10.7. The van der Waals surface area contributed by atoms with Gasteiger partial charge in [0.1, 0.15) is 17.1 Å². The largest absolute Gasteiger partial charge is 0.505 e. The third kappa shape index (κ3) is 3.42. The molecule has 3 rings (SSSR count). The van der Waals surface area contributed by atoms with E-state index in [-0.39, 0.29) is 11.8 Å². The van der Waals surface area contributed by atoms with Crippen molar-refractivity contribution in [2.24, 2.45) is 5.92 Å². The summed E-state index contributed by atoms with van der Waals surface area (Å²) in [6, 6.07) is 13.6. The van der Waals surface area contributed by atoms with E-state index in [0.29, 0.717) is 11.4 Å². The summed E-state index contributed by atoms with van der Waals surface area (Å²) in [5.74, 6) is 1.53. The number of pyridine rings is 2. The molecule has 0 saturated carbocycles. The van der Waals surface area contributed by atoms with Crippen LogP contribution in [0.3, 0.4) is 0 Å². The lowest BCUT2D eigenvalue weighted by molar-refractivity contribution is 0.456. The van der Waals surface area contributed by atoms with Gasteiger partial charge in [-0.05, 0) is 30.5 Å². The summed E-state index contributed by atoms with van der Waals surface area (Å²) >= 11 is 0. The van der Waals surface area contributed by atoms with Crippen molar-refractivity contribution in [2.45, 2.75) is 26.3 Å². The normalized spacial score (nSPS) is 12.5. The van der Waals surface area contributed by atoms with Crippen molar-refractivity contribution in [3.05, 3.63) is 60.4 Å². The van der Waals surface area contributed by atoms with Gasteiger partial charge in [0.15, 0.2) is 0 Å². The first-order chi connectivity index (χ1) is 11.1. The van der Waals surface area contributed by atoms with Gasteiger partial charge in [-0.1, -0.05) is 38.1 Å². The van der Waals surface area contributed by atoms with Crippen LogP contribution in [0.4, 0.5) is 5.82 Å². The van der Waals surface area contributed by atoms with Crippen LogP contribution in [0.5, 0.6) is 5.75 Å². The third-order valence-electron chi connectivity index (χ3n) is 3.85. The second kappa shape index (κ2) is 6.65. The van der Waals surface area contributed by atoms with Gasteiger partial charge in [0.25, 0.3) is 0 Å². The predicted molar refractivity (Wildman–Crippen MR) is 93.5 cm³/mol. The highest BCUT2D eigenvalue weighted by atomic mass is 16.3. The fourth-order valence-corrected chi connectivity index (χ4v) is 2.79. The summed E-state index contributed by atoms with van der Waals surface area (Å²) in [6.45, 7) is 4.34. The molecule has 4 nitrogen and oxygen atoms in total. The van der Waals surface area contributed by atoms with Crippen LogP contribution in [-0.4, -0.2) is 15.1 Å². The van der Waals surface area contributed by atoms with Gasteiger partial charge in [-0.2, -0.15) is 0 Å². The predicted octanol–water partition coefficient (Wildman–Crippen LogP) is 4.53. The molecule has 0 fully saturated rings. The van der Waals surface area contributed by atoms with Crippen molar-refractivity contribution < 1.29 is 5.11 Å². The Kier molecular flexibility index (Phi) is 4.42. The molecule has 0 spiro atoms. The van der Waals surface area contributed by atoms with Gasteiger partial charge < -0.3 is 10.4 Å². The number of phenols is 1. The van der Waals surface area contributed by atoms with Crippen molar-refractivity contribution in [3.8, 4) is 5.75 Å². The Labute approximate surface area is 136 Å². The lowest BCUT2D eigenvalue weighted by Gasteiger charge is -2.23. The molecular formula is C19H21N3O. The van der Waals surface area contributed by atoms with E-state index in [1.807, 2.05) is 42.5 Å². The van der Waals surface area contributed by atoms with Crippen LogP contribution in [0.15, 0.2) is 54.9 Å². The molecule has 0 aliphatic rings. The molecular weight excluding hydrogens is 286 g/mol. The number of hydrogen-bond acceptors (Lipinski definition) is 4. The SMILES string of the molecule is CC(C)CC(Nc1ccccn1)c1ccc2cccnc2c1O. The third-order valence-corrected chi connectivity index (χ3v) is 3.85. The van der Waals surface area contributed by atoms with Gasteiger partial charge in [-0.25, -0.2) is 4.98 Å². The van der Waals surface area contributed by atoms with E-state index in [0.717, 1.165) is 23.2 Å². The van der Waals surface area contributed by atoms with Crippen LogP contribution in [0, 0.1) is 5.92 Å². The fraction of sp³-hybridized carbons (Fsp3) is 0.263. The van der Waals surface area contributed by atoms with Crippen LogP contribution in [0.25, 0.3) is 10.9 Å². The first-order valence-corrected chi connectivity index (χ1v) is 7.89. The number of fused-ring (bicyclic) bond motifs is 1. The minimum Gasteiger partial charge on any atom is -0.505 e. The highest BCUT2D eigenvalue weighted by Gasteiger charge is 2.19. The molecule has 118 valence electrons. The minimum atomic E-state index is -0.0173. The van der Waals surface area contributed by atoms with E-state index in [1.54, 1.807) is 12.4 Å². The quantitative estimate of drug-likeness (QED) is 0.727. The Bertz CT molecular complexity index is 787. The maximum Gasteiger partial charge on any atom is 0.147 e. The van der Waals surface area contributed by atoms with Crippen molar-refractivity contribution in [3.63, 3.8) is 0 Å². The average molecular weight is 307 g/mol. The van der Waals surface area contributed by atoms with Gasteiger partial charge in [0, 0.05) is 23.3 Å². The van der Waals surface area contributed by atoms with Crippen LogP contribution in [0.1, 0.15) is 31.9 Å². The number of nitrogens with zero attached hydrogens (tertiary/aromatic N) is 2. The molecule has 0 bridgehead atoms. The fourth-order valence-electron chi connectivity index (χ4n) is 2.79. The molecule has 0 amide bonds. The van der Waals surface area contributed by atoms with E-state index >= 15 is 0 Å². The molecule has 0 aliphatic carbocycles. The second-order valence-corrected chi connectivity index (χ2v) is 6.12. The van der Waals surface area contributed by atoms with E-state index in [4.69, 9.17) is 0 Å². The van der Waals surface area contributed by atoms with Gasteiger partial charge in [-0.3, -0.25) is 4.98 Å². The average Bonchev–Trinajstić information content (AvgIpc) is 2.55. The first-order valence-electron chi connectivity index (χ1n) is 7.89. The Hall–Kier alpha value is -2.62. The molecule has 1 aromatic carbocycles. The van der Waals surface area contributed by atoms with Gasteiger partial charge in [-0.15, -0.1) is 0 Å². The molecule has 1 unspecified atom stereocenters. The summed E-state index contributed by atoms with van der Waals surface area (Å²) < 4.78 is 0. The van der Waals surface area contributed by atoms with Gasteiger partial charge in [0.05, 0.1) is 6.04 Å². The highest BCUT2D eigenvalue weighted by Crippen LogP contribution is 2.35. The molecule has 23 heavy (non-hydrogen) atoms. The van der Waals surface area contributed by atoms with Crippen LogP contribution < -0.4 is 5.32 Å². The minimum absolute atomic E-state index is 0.0173. The van der Waals surface area contributed by atoms with Crippen LogP contribution in [-0.2, 0) is 0 Å². The van der Waals surface area contributed by atoms with Crippen molar-refractivity contribution >= 4 is 16.7 Å². The monoisotopic (exact) mass is 307 g/mol. The lowest BCUT2D eigenvalue weighted by Crippen LogP contribution is -2.14. The van der Waals surface area contributed by atoms with Crippen LogP contribution >= 0.6 is 0 Å². The highest BCUT2D eigenvalue weighted by molar-refractivity contribution is 5.85. The number of aromatic hydroxyl groups is 1. The molecule has 3 aromatic rings. The lowest BCUT2D eigenvalue weighted by atomic mass is 9.95. The smallest absolute Gasteiger partial charge is 0.147 e. The zero-order valence-corrected chi connectivity index (χ0v) is 13.4. The van der Waals surface area contributed by atoms with Crippen molar-refractivity contribution in [2.75, 3.05) is 5.32 Å². The molecule has 0 aliphatic heterocycles. The number of nitrogens with one attached hydrogen (secondary N) is 1. The van der Waals surface area contributed by atoms with E-state index in [2.05, 4.69) is 29.1 Å². The number of rotatable bonds is 5. The maximum atomic E-state index is 10.7. The number of phenolic OH excluding ortho intramolecular Hbond substituents is 1. The summed E-state index contributed by atoms with van der Waals surface area (Å²) in [4.78, 5) is 8.65. The first kappa shape index (κ1) is 15.3. The molecule has 0 radical (unpaired) electrons. The molecule has 2 heterocycles. The van der Waals surface area contributed by atoms with Crippen LogP contribution in [0.2, 0.25) is 0 Å². The summed E-state index contributed by atoms with van der Waals surface area (Å²) in [6.07, 6.45) is 4.36. The Balaban J connectivity index is 2.00. The number of hydrogen-bond donors (Lipinski definition) is 2. The number of anilines is 1. The topological polar surface area (TPSA) is 58.0 Å². The van der Waals surface area contributed by atoms with E-state index < -0.39 is 0 Å². The number of benzene rings is 1. The second-order valence-electron chi connectivity index (χ2n) is 6.12. The Morgan fingerprint density at radius 1 is 1.00 bits per heavy atom. The zero-order chi connectivity index (χ0) is 16.2. The Morgan fingerprint density at radius 3 is 2.57 bits per heavy atom. The van der Waals surface area contributed by atoms with Crippen molar-refractivity contribution in [1.29, 1.82) is 0 Å². The molecule has 0 saturated heterocycles. The summed E-state index contributed by atoms with van der Waals surface area (Å²) in [5.41, 5.74) is 1.50. The van der Waals surface area contributed by atoms with Crippen molar-refractivity contribution in [1.82, 2.24) is 9.97 Å². The van der Waals surface area contributed by atoms with E-state index in [1.165, 1.54) is 0 Å². The van der Waals surface area contributed by atoms with Gasteiger partial charge in [0.2, 0.25) is 0 Å². The molecule has 2 N–H and O–H groups in total. The molecule has 2 aromatic heterocycles. The standard InChI is InChI=1S/C19H21N3O/c1-13(2)12-16(22-17-7-3-4-10-20-17)15-9-8-14-6-5-11-21-18(14)19(15)23/h3-11,13,16,23H,12H2,1-2H3,(H,20,22). The summed E-state index contributed by atoms with van der Waals surface area (Å²) in [5, 5.41) is 15.1. The zero-order valence-electron chi connectivity index (χ0n) is 13.4. The number of aromatic nitrogens is 2. The van der Waals surface area contributed by atoms with Gasteiger partial charge >= 0.3 is 0 Å².